The lowest BCUT2D eigenvalue weighted by molar-refractivity contribution is 0.244. The maximum atomic E-state index is 8.99. The molecule has 4 rings (SSSR count). The first-order chi connectivity index (χ1) is 15.2. The predicted molar refractivity (Wildman–Crippen MR) is 119 cm³/mol. The van der Waals surface area contributed by atoms with E-state index in [-0.39, 0.29) is 0 Å². The molecule has 0 saturated carbocycles. The zero-order valence-corrected chi connectivity index (χ0v) is 18.4. The highest BCUT2D eigenvalue weighted by Crippen LogP contribution is 2.14. The molecule has 0 atom stereocenters. The number of aromatic amines is 1. The first kappa shape index (κ1) is 20.9. The van der Waals surface area contributed by atoms with Gasteiger partial charge in [-0.05, 0) is 41.8 Å². The molecule has 2 heterocycles. The van der Waals surface area contributed by atoms with E-state index in [0.717, 1.165) is 34.7 Å². The molecule has 2 aromatic carbocycles. The number of rotatable bonds is 9. The largest absolute Gasteiger partial charge is 0.312 e. The van der Waals surface area contributed by atoms with Gasteiger partial charge in [-0.1, -0.05) is 40.2 Å². The molecule has 0 aliphatic rings. The molecular formula is C22H21BrN8. The molecule has 0 aliphatic carbocycles. The minimum absolute atomic E-state index is 0.632. The summed E-state index contributed by atoms with van der Waals surface area (Å²) in [4.78, 5) is 6.55. The Hall–Kier alpha value is -3.35. The van der Waals surface area contributed by atoms with Crippen LogP contribution in [0.1, 0.15) is 28.3 Å². The van der Waals surface area contributed by atoms with E-state index < -0.39 is 0 Å². The predicted octanol–water partition coefficient (Wildman–Crippen LogP) is 3.32. The molecule has 0 spiro atoms. The van der Waals surface area contributed by atoms with Crippen LogP contribution < -0.4 is 0 Å². The van der Waals surface area contributed by atoms with Crippen molar-refractivity contribution in [2.24, 2.45) is 0 Å². The zero-order valence-electron chi connectivity index (χ0n) is 16.8. The molecule has 0 amide bonds. The lowest BCUT2D eigenvalue weighted by Crippen LogP contribution is -2.27. The van der Waals surface area contributed by atoms with Gasteiger partial charge in [0.15, 0.2) is 0 Å². The lowest BCUT2D eigenvalue weighted by Gasteiger charge is -2.21. The van der Waals surface area contributed by atoms with E-state index >= 15 is 0 Å². The van der Waals surface area contributed by atoms with Gasteiger partial charge < -0.3 is 4.57 Å². The van der Waals surface area contributed by atoms with Crippen molar-refractivity contribution >= 4 is 15.9 Å². The number of nitrogens with zero attached hydrogens (tertiary/aromatic N) is 7. The van der Waals surface area contributed by atoms with Crippen molar-refractivity contribution in [3.05, 3.63) is 94.0 Å². The highest BCUT2D eigenvalue weighted by molar-refractivity contribution is 9.10. The van der Waals surface area contributed by atoms with Gasteiger partial charge in [0.1, 0.15) is 24.3 Å². The van der Waals surface area contributed by atoms with Crippen LogP contribution in [0.2, 0.25) is 0 Å². The average molecular weight is 477 g/mol. The monoisotopic (exact) mass is 476 g/mol. The number of nitriles is 1. The number of aromatic nitrogens is 6. The Labute approximate surface area is 188 Å². The summed E-state index contributed by atoms with van der Waals surface area (Å²) in [7, 11) is 0. The summed E-state index contributed by atoms with van der Waals surface area (Å²) < 4.78 is 3.11. The van der Waals surface area contributed by atoms with Crippen LogP contribution in [0.3, 0.4) is 0 Å². The number of benzene rings is 2. The van der Waals surface area contributed by atoms with E-state index in [4.69, 9.17) is 5.26 Å². The van der Waals surface area contributed by atoms with Crippen LogP contribution in [-0.4, -0.2) is 41.4 Å². The van der Waals surface area contributed by atoms with Crippen LogP contribution in [0.4, 0.5) is 0 Å². The highest BCUT2D eigenvalue weighted by Gasteiger charge is 2.14. The summed E-state index contributed by atoms with van der Waals surface area (Å²) >= 11 is 3.48. The van der Waals surface area contributed by atoms with Gasteiger partial charge in [-0.2, -0.15) is 10.4 Å². The molecule has 9 heteroatoms. The summed E-state index contributed by atoms with van der Waals surface area (Å²) in [5.41, 5.74) is 3.01. The van der Waals surface area contributed by atoms with Crippen LogP contribution in [0, 0.1) is 11.3 Å². The minimum Gasteiger partial charge on any atom is -0.312 e. The number of halogens is 1. The Morgan fingerprint density at radius 2 is 1.81 bits per heavy atom. The Morgan fingerprint density at radius 3 is 2.52 bits per heavy atom. The van der Waals surface area contributed by atoms with Crippen molar-refractivity contribution in [3.8, 4) is 6.07 Å². The highest BCUT2D eigenvalue weighted by atomic mass is 79.9. The van der Waals surface area contributed by atoms with Crippen LogP contribution >= 0.6 is 15.9 Å². The average Bonchev–Trinajstić information content (AvgIpc) is 3.46. The first-order valence-corrected chi connectivity index (χ1v) is 10.7. The van der Waals surface area contributed by atoms with E-state index in [1.165, 1.54) is 11.9 Å². The molecule has 31 heavy (non-hydrogen) atoms. The Kier molecular flexibility index (Phi) is 6.82. The number of hydrogen-bond donors (Lipinski definition) is 1. The Morgan fingerprint density at radius 1 is 1.03 bits per heavy atom. The molecule has 0 bridgehead atoms. The van der Waals surface area contributed by atoms with E-state index in [9.17, 15) is 0 Å². The third kappa shape index (κ3) is 5.84. The van der Waals surface area contributed by atoms with Crippen molar-refractivity contribution < 1.29 is 0 Å². The summed E-state index contributed by atoms with van der Waals surface area (Å²) in [5, 5.41) is 24.4. The fourth-order valence-corrected chi connectivity index (χ4v) is 3.55. The van der Waals surface area contributed by atoms with Gasteiger partial charge in [0.25, 0.3) is 0 Å². The third-order valence-corrected chi connectivity index (χ3v) is 5.49. The van der Waals surface area contributed by atoms with Crippen molar-refractivity contribution in [1.29, 1.82) is 5.26 Å². The zero-order chi connectivity index (χ0) is 21.5. The lowest BCUT2D eigenvalue weighted by atomic mass is 10.1. The topological polar surface area (TPSA) is 99.3 Å². The molecule has 156 valence electrons. The van der Waals surface area contributed by atoms with E-state index in [1.807, 2.05) is 28.8 Å². The van der Waals surface area contributed by atoms with Gasteiger partial charge in [-0.25, -0.2) is 4.98 Å². The number of H-pyrrole nitrogens is 1. The van der Waals surface area contributed by atoms with Gasteiger partial charge >= 0.3 is 0 Å². The van der Waals surface area contributed by atoms with Gasteiger partial charge in [0.05, 0.1) is 31.3 Å². The van der Waals surface area contributed by atoms with E-state index in [1.54, 1.807) is 6.33 Å². The fourth-order valence-electron chi connectivity index (χ4n) is 3.29. The SMILES string of the molecule is N#Cc1ccc(Cn2cnnc2CN(CCc2ccc(Br)cc2)Cc2ncn[nH]2)cc1. The molecular weight excluding hydrogens is 456 g/mol. The van der Waals surface area contributed by atoms with Crippen LogP contribution in [0.25, 0.3) is 0 Å². The number of hydrogen-bond acceptors (Lipinski definition) is 6. The fraction of sp³-hybridized carbons (Fsp3) is 0.227. The Bertz CT molecular complexity index is 1130. The third-order valence-electron chi connectivity index (χ3n) is 4.96. The van der Waals surface area contributed by atoms with Gasteiger partial charge in [-0.3, -0.25) is 10.00 Å². The summed E-state index contributed by atoms with van der Waals surface area (Å²) in [6.07, 6.45) is 4.18. The van der Waals surface area contributed by atoms with Gasteiger partial charge in [0, 0.05) is 11.0 Å². The Balaban J connectivity index is 1.46. The number of nitrogens with one attached hydrogen (secondary N) is 1. The quantitative estimate of drug-likeness (QED) is 0.397. The normalized spacial score (nSPS) is 11.0. The molecule has 0 fully saturated rings. The van der Waals surface area contributed by atoms with E-state index in [0.29, 0.717) is 25.2 Å². The second kappa shape index (κ2) is 10.1. The second-order valence-electron chi connectivity index (χ2n) is 7.20. The summed E-state index contributed by atoms with van der Waals surface area (Å²) in [6.45, 7) is 2.76. The van der Waals surface area contributed by atoms with Gasteiger partial charge in [-0.15, -0.1) is 10.2 Å². The summed E-state index contributed by atoms with van der Waals surface area (Å²) in [5.74, 6) is 1.69. The van der Waals surface area contributed by atoms with Crippen LogP contribution in [0.5, 0.6) is 0 Å². The maximum absolute atomic E-state index is 8.99. The first-order valence-electron chi connectivity index (χ1n) is 9.86. The van der Waals surface area contributed by atoms with Crippen molar-refractivity contribution in [3.63, 3.8) is 0 Å². The van der Waals surface area contributed by atoms with Crippen LogP contribution in [0.15, 0.2) is 65.7 Å². The maximum Gasteiger partial charge on any atom is 0.147 e. The molecule has 4 aromatic rings. The molecule has 0 unspecified atom stereocenters. The van der Waals surface area contributed by atoms with Gasteiger partial charge in [0.2, 0.25) is 0 Å². The van der Waals surface area contributed by atoms with E-state index in [2.05, 4.69) is 76.5 Å². The molecule has 0 saturated heterocycles. The smallest absolute Gasteiger partial charge is 0.147 e. The summed E-state index contributed by atoms with van der Waals surface area (Å²) in [6, 6.07) is 18.1. The molecule has 0 aliphatic heterocycles. The molecule has 2 aromatic heterocycles. The molecule has 0 radical (unpaired) electrons. The van der Waals surface area contributed by atoms with Crippen molar-refractivity contribution in [2.45, 2.75) is 26.1 Å². The van der Waals surface area contributed by atoms with Crippen molar-refractivity contribution in [1.82, 2.24) is 34.8 Å². The minimum atomic E-state index is 0.632. The second-order valence-corrected chi connectivity index (χ2v) is 8.12. The molecule has 1 N–H and O–H groups in total. The van der Waals surface area contributed by atoms with Crippen LogP contribution in [-0.2, 0) is 26.1 Å². The van der Waals surface area contributed by atoms with Crippen molar-refractivity contribution in [2.75, 3.05) is 6.54 Å². The standard InChI is InChI=1S/C22H21BrN8/c23-20-7-5-17(6-8-20)9-10-30(13-21-25-15-26-28-21)14-22-29-27-16-31(22)12-19-3-1-18(11-24)2-4-19/h1-8,15-16H,9-10,12-14H2,(H,25,26,28). The molecule has 8 nitrogen and oxygen atoms in total.